The molecule has 1 atom stereocenters. The lowest BCUT2D eigenvalue weighted by Gasteiger charge is -2.12. The summed E-state index contributed by atoms with van der Waals surface area (Å²) in [7, 11) is 0. The van der Waals surface area contributed by atoms with Gasteiger partial charge in [0, 0.05) is 12.4 Å². The molecule has 1 unspecified atom stereocenters. The van der Waals surface area contributed by atoms with Crippen LogP contribution in [0.2, 0.25) is 0 Å². The lowest BCUT2D eigenvalue weighted by atomic mass is 10.1. The monoisotopic (exact) mass is 240 g/mol. The summed E-state index contributed by atoms with van der Waals surface area (Å²) in [5.41, 5.74) is 8.15. The molecule has 0 aliphatic carbocycles. The van der Waals surface area contributed by atoms with Crippen LogP contribution in [-0.4, -0.2) is 24.7 Å². The molecule has 0 amide bonds. The number of hydrogen-bond donors (Lipinski definition) is 1. The quantitative estimate of drug-likeness (QED) is 0.732. The number of fused-ring (bicyclic) bond motifs is 1. The van der Waals surface area contributed by atoms with Gasteiger partial charge < -0.3 is 5.73 Å². The van der Waals surface area contributed by atoms with Crippen LogP contribution in [0.5, 0.6) is 0 Å². The van der Waals surface area contributed by atoms with E-state index in [1.807, 2.05) is 25.3 Å². The van der Waals surface area contributed by atoms with Gasteiger partial charge in [0.15, 0.2) is 5.65 Å². The molecule has 0 radical (unpaired) electrons. The van der Waals surface area contributed by atoms with Gasteiger partial charge in [0.1, 0.15) is 11.3 Å². The van der Waals surface area contributed by atoms with E-state index >= 15 is 0 Å². The molecule has 0 spiro atoms. The average molecular weight is 240 g/mol. The van der Waals surface area contributed by atoms with Gasteiger partial charge in [-0.2, -0.15) is 5.10 Å². The van der Waals surface area contributed by atoms with Crippen LogP contribution in [-0.2, 0) is 0 Å². The van der Waals surface area contributed by atoms with Gasteiger partial charge in [-0.05, 0) is 18.6 Å². The molecule has 18 heavy (non-hydrogen) atoms. The van der Waals surface area contributed by atoms with Gasteiger partial charge in [-0.1, -0.05) is 6.07 Å². The predicted molar refractivity (Wildman–Crippen MR) is 67.8 cm³/mol. The predicted octanol–water partition coefficient (Wildman–Crippen LogP) is 1.41. The molecule has 3 heterocycles. The Kier molecular flexibility index (Phi) is 2.40. The third kappa shape index (κ3) is 1.67. The van der Waals surface area contributed by atoms with Crippen LogP contribution in [0.1, 0.15) is 18.5 Å². The summed E-state index contributed by atoms with van der Waals surface area (Å²) in [6.07, 6.45) is 6.78. The molecule has 3 aromatic heterocycles. The van der Waals surface area contributed by atoms with Crippen molar-refractivity contribution < 1.29 is 0 Å². The molecule has 6 heteroatoms. The van der Waals surface area contributed by atoms with Crippen LogP contribution in [0.25, 0.3) is 11.2 Å². The van der Waals surface area contributed by atoms with Crippen molar-refractivity contribution in [2.24, 2.45) is 0 Å². The maximum absolute atomic E-state index is 5.66. The van der Waals surface area contributed by atoms with Crippen molar-refractivity contribution >= 4 is 17.0 Å². The highest BCUT2D eigenvalue weighted by Gasteiger charge is 2.13. The summed E-state index contributed by atoms with van der Waals surface area (Å²) in [6, 6.07) is 3.94. The summed E-state index contributed by atoms with van der Waals surface area (Å²) >= 11 is 0. The highest BCUT2D eigenvalue weighted by molar-refractivity contribution is 5.70. The van der Waals surface area contributed by atoms with E-state index in [0.29, 0.717) is 11.5 Å². The van der Waals surface area contributed by atoms with Gasteiger partial charge in [0.25, 0.3) is 0 Å². The van der Waals surface area contributed by atoms with Crippen molar-refractivity contribution in [3.05, 3.63) is 42.5 Å². The van der Waals surface area contributed by atoms with Gasteiger partial charge in [-0.3, -0.25) is 4.98 Å². The SMILES string of the molecule is CC(c1cccnc1)n1ncc2ncc(N)nc21. The molecule has 3 rings (SSSR count). The maximum atomic E-state index is 5.66. The zero-order valence-electron chi connectivity index (χ0n) is 9.85. The fraction of sp³-hybridized carbons (Fsp3) is 0.167. The maximum Gasteiger partial charge on any atom is 0.179 e. The van der Waals surface area contributed by atoms with E-state index in [-0.39, 0.29) is 6.04 Å². The van der Waals surface area contributed by atoms with Crippen molar-refractivity contribution in [1.29, 1.82) is 0 Å². The van der Waals surface area contributed by atoms with E-state index in [1.165, 1.54) is 6.20 Å². The normalized spacial score (nSPS) is 12.7. The zero-order chi connectivity index (χ0) is 12.5. The van der Waals surface area contributed by atoms with Gasteiger partial charge >= 0.3 is 0 Å². The van der Waals surface area contributed by atoms with Crippen molar-refractivity contribution in [2.75, 3.05) is 5.73 Å². The van der Waals surface area contributed by atoms with Gasteiger partial charge in [0.2, 0.25) is 0 Å². The first kappa shape index (κ1) is 10.6. The Morgan fingerprint density at radius 2 is 2.17 bits per heavy atom. The molecular weight excluding hydrogens is 228 g/mol. The summed E-state index contributed by atoms with van der Waals surface area (Å²) in [4.78, 5) is 12.6. The number of hydrogen-bond acceptors (Lipinski definition) is 5. The van der Waals surface area contributed by atoms with Crippen LogP contribution in [0.4, 0.5) is 5.82 Å². The van der Waals surface area contributed by atoms with Crippen LogP contribution in [0, 0.1) is 0 Å². The third-order valence-corrected chi connectivity index (χ3v) is 2.86. The second kappa shape index (κ2) is 4.06. The molecule has 0 saturated carbocycles. The molecule has 2 N–H and O–H groups in total. The Balaban J connectivity index is 2.12. The third-order valence-electron chi connectivity index (χ3n) is 2.86. The summed E-state index contributed by atoms with van der Waals surface area (Å²) in [5, 5.41) is 4.32. The number of nitrogens with zero attached hydrogens (tertiary/aromatic N) is 5. The number of aromatic nitrogens is 5. The highest BCUT2D eigenvalue weighted by atomic mass is 15.3. The molecule has 0 bridgehead atoms. The Bertz CT molecular complexity index is 675. The topological polar surface area (TPSA) is 82.5 Å². The first-order valence-corrected chi connectivity index (χ1v) is 5.61. The number of anilines is 1. The lowest BCUT2D eigenvalue weighted by molar-refractivity contribution is 0.577. The number of pyridine rings is 1. The van der Waals surface area contributed by atoms with Gasteiger partial charge in [-0.15, -0.1) is 0 Å². The second-order valence-electron chi connectivity index (χ2n) is 4.06. The minimum absolute atomic E-state index is 0.0345. The van der Waals surface area contributed by atoms with Crippen molar-refractivity contribution in [3.63, 3.8) is 0 Å². The van der Waals surface area contributed by atoms with E-state index in [9.17, 15) is 0 Å². The smallest absolute Gasteiger partial charge is 0.179 e. The molecule has 0 aliphatic heterocycles. The number of nitrogens with two attached hydrogens (primary N) is 1. The number of rotatable bonds is 2. The van der Waals surface area contributed by atoms with E-state index < -0.39 is 0 Å². The fourth-order valence-corrected chi connectivity index (χ4v) is 1.88. The summed E-state index contributed by atoms with van der Waals surface area (Å²) in [6.45, 7) is 2.04. The molecule has 0 fully saturated rings. The second-order valence-corrected chi connectivity index (χ2v) is 4.06. The molecule has 90 valence electrons. The van der Waals surface area contributed by atoms with E-state index in [4.69, 9.17) is 5.73 Å². The Labute approximate surface area is 104 Å². The largest absolute Gasteiger partial charge is 0.382 e. The Morgan fingerprint density at radius 3 is 2.94 bits per heavy atom. The lowest BCUT2D eigenvalue weighted by Crippen LogP contribution is -2.09. The van der Waals surface area contributed by atoms with Crippen LogP contribution in [0.15, 0.2) is 36.9 Å². The molecular formula is C12H12N6. The average Bonchev–Trinajstić information content (AvgIpc) is 2.82. The van der Waals surface area contributed by atoms with E-state index in [0.717, 1.165) is 11.1 Å². The van der Waals surface area contributed by atoms with E-state index in [2.05, 4.69) is 20.1 Å². The minimum atomic E-state index is 0.0345. The first-order chi connectivity index (χ1) is 8.75. The fourth-order valence-electron chi connectivity index (χ4n) is 1.88. The summed E-state index contributed by atoms with van der Waals surface area (Å²) < 4.78 is 1.80. The highest BCUT2D eigenvalue weighted by Crippen LogP contribution is 2.20. The first-order valence-electron chi connectivity index (χ1n) is 5.61. The minimum Gasteiger partial charge on any atom is -0.382 e. The standard InChI is InChI=1S/C12H12N6/c1-8(9-3-2-4-14-5-9)18-12-10(6-16-18)15-7-11(13)17-12/h2-8H,1H3,(H2,13,17). The zero-order valence-corrected chi connectivity index (χ0v) is 9.85. The number of nitrogen functional groups attached to an aromatic ring is 1. The Morgan fingerprint density at radius 1 is 1.28 bits per heavy atom. The molecule has 3 aromatic rings. The van der Waals surface area contributed by atoms with Gasteiger partial charge in [0.05, 0.1) is 18.4 Å². The Hall–Kier alpha value is -2.50. The van der Waals surface area contributed by atoms with Crippen LogP contribution < -0.4 is 5.73 Å². The molecule has 6 nitrogen and oxygen atoms in total. The van der Waals surface area contributed by atoms with Crippen LogP contribution in [0.3, 0.4) is 0 Å². The van der Waals surface area contributed by atoms with Crippen LogP contribution >= 0.6 is 0 Å². The summed E-state index contributed by atoms with van der Waals surface area (Å²) in [5.74, 6) is 0.391. The van der Waals surface area contributed by atoms with Gasteiger partial charge in [-0.25, -0.2) is 14.6 Å². The molecule has 0 saturated heterocycles. The van der Waals surface area contributed by atoms with Crippen molar-refractivity contribution in [1.82, 2.24) is 24.7 Å². The molecule has 0 aliphatic rings. The molecule has 0 aromatic carbocycles. The van der Waals surface area contributed by atoms with Crippen molar-refractivity contribution in [2.45, 2.75) is 13.0 Å². The van der Waals surface area contributed by atoms with Crippen molar-refractivity contribution in [3.8, 4) is 0 Å². The van der Waals surface area contributed by atoms with E-state index in [1.54, 1.807) is 17.1 Å².